The van der Waals surface area contributed by atoms with Gasteiger partial charge in [0.15, 0.2) is 0 Å². The summed E-state index contributed by atoms with van der Waals surface area (Å²) in [5, 5.41) is 0. The molecule has 0 heterocycles. The van der Waals surface area contributed by atoms with E-state index in [1.165, 1.54) is 44.5 Å². The minimum absolute atomic E-state index is 0.551. The lowest BCUT2D eigenvalue weighted by molar-refractivity contribution is 1.07. The Labute approximate surface area is 179 Å². The molecule has 4 N–H and O–H groups in total. The highest BCUT2D eigenvalue weighted by molar-refractivity contribution is 5.81. The van der Waals surface area contributed by atoms with Crippen molar-refractivity contribution in [3.8, 4) is 33.4 Å². The zero-order chi connectivity index (χ0) is 21.1. The van der Waals surface area contributed by atoms with Gasteiger partial charge in [-0.25, -0.2) is 0 Å². The van der Waals surface area contributed by atoms with Crippen molar-refractivity contribution >= 4 is 0 Å². The Morgan fingerprint density at radius 1 is 0.500 bits per heavy atom. The fraction of sp³-hybridized carbons (Fsp3) is 0.143. The number of rotatable bonds is 5. The van der Waals surface area contributed by atoms with Crippen molar-refractivity contribution in [1.82, 2.24) is 0 Å². The molecular formula is C28H28N2. The number of hydrogen-bond acceptors (Lipinski definition) is 2. The van der Waals surface area contributed by atoms with E-state index < -0.39 is 0 Å². The SMILES string of the molecule is Cc1ccc(-c2cccc(CN)c2)cc1-c1cc(-c2cccc(CN)c2)ccc1C. The fourth-order valence-corrected chi connectivity index (χ4v) is 3.94. The third-order valence-corrected chi connectivity index (χ3v) is 5.76. The van der Waals surface area contributed by atoms with Crippen molar-refractivity contribution in [3.05, 3.63) is 107 Å². The molecule has 0 spiro atoms. The van der Waals surface area contributed by atoms with Gasteiger partial charge in [-0.3, -0.25) is 0 Å². The van der Waals surface area contributed by atoms with Crippen molar-refractivity contribution in [2.45, 2.75) is 26.9 Å². The molecule has 4 rings (SSSR count). The van der Waals surface area contributed by atoms with Crippen molar-refractivity contribution in [2.24, 2.45) is 11.5 Å². The molecule has 2 heteroatoms. The van der Waals surface area contributed by atoms with Crippen LogP contribution in [-0.4, -0.2) is 0 Å². The average molecular weight is 393 g/mol. The summed E-state index contributed by atoms with van der Waals surface area (Å²) >= 11 is 0. The van der Waals surface area contributed by atoms with E-state index in [2.05, 4.69) is 98.8 Å². The first kappa shape index (κ1) is 20.1. The summed E-state index contributed by atoms with van der Waals surface area (Å²) in [5.41, 5.74) is 23.9. The molecule has 0 amide bonds. The van der Waals surface area contributed by atoms with Gasteiger partial charge in [-0.15, -0.1) is 0 Å². The maximum atomic E-state index is 5.85. The summed E-state index contributed by atoms with van der Waals surface area (Å²) in [6.07, 6.45) is 0. The Morgan fingerprint density at radius 2 is 0.900 bits per heavy atom. The highest BCUT2D eigenvalue weighted by atomic mass is 14.5. The largest absolute Gasteiger partial charge is 0.326 e. The summed E-state index contributed by atoms with van der Waals surface area (Å²) in [4.78, 5) is 0. The smallest absolute Gasteiger partial charge is 0.0178 e. The first-order valence-corrected chi connectivity index (χ1v) is 10.4. The van der Waals surface area contributed by atoms with Gasteiger partial charge in [-0.2, -0.15) is 0 Å². The standard InChI is InChI=1S/C28H28N2/c1-19-9-11-25(23-7-3-5-21(13-23)17-29)15-27(19)28-16-26(12-10-20(28)2)24-8-4-6-22(14-24)18-30/h3-16H,17-18,29-30H2,1-2H3. The van der Waals surface area contributed by atoms with Crippen molar-refractivity contribution in [3.63, 3.8) is 0 Å². The van der Waals surface area contributed by atoms with Crippen LogP contribution in [0.2, 0.25) is 0 Å². The van der Waals surface area contributed by atoms with Gasteiger partial charge in [0, 0.05) is 13.1 Å². The molecule has 150 valence electrons. The molecular weight excluding hydrogens is 364 g/mol. The zero-order valence-corrected chi connectivity index (χ0v) is 17.7. The first-order chi connectivity index (χ1) is 14.6. The maximum absolute atomic E-state index is 5.85. The third kappa shape index (κ3) is 4.06. The van der Waals surface area contributed by atoms with Gasteiger partial charge in [0.25, 0.3) is 0 Å². The second-order valence-corrected chi connectivity index (χ2v) is 7.87. The number of aryl methyl sites for hydroxylation is 2. The van der Waals surface area contributed by atoms with E-state index >= 15 is 0 Å². The minimum atomic E-state index is 0.551. The van der Waals surface area contributed by atoms with Crippen LogP contribution < -0.4 is 11.5 Å². The maximum Gasteiger partial charge on any atom is 0.0178 e. The van der Waals surface area contributed by atoms with Crippen LogP contribution in [0.4, 0.5) is 0 Å². The Balaban J connectivity index is 1.81. The van der Waals surface area contributed by atoms with E-state index in [0.717, 1.165) is 11.1 Å². The van der Waals surface area contributed by atoms with Crippen molar-refractivity contribution in [2.75, 3.05) is 0 Å². The molecule has 4 aromatic carbocycles. The van der Waals surface area contributed by atoms with E-state index in [-0.39, 0.29) is 0 Å². The fourth-order valence-electron chi connectivity index (χ4n) is 3.94. The number of benzene rings is 4. The molecule has 0 saturated heterocycles. The normalized spacial score (nSPS) is 10.9. The summed E-state index contributed by atoms with van der Waals surface area (Å²) in [5.74, 6) is 0. The van der Waals surface area contributed by atoms with E-state index in [1.54, 1.807) is 0 Å². The minimum Gasteiger partial charge on any atom is -0.326 e. The van der Waals surface area contributed by atoms with E-state index in [9.17, 15) is 0 Å². The van der Waals surface area contributed by atoms with Gasteiger partial charge in [0.1, 0.15) is 0 Å². The summed E-state index contributed by atoms with van der Waals surface area (Å²) in [6, 6.07) is 30.3. The second kappa shape index (κ2) is 8.66. The van der Waals surface area contributed by atoms with Crippen LogP contribution in [0.1, 0.15) is 22.3 Å². The van der Waals surface area contributed by atoms with Crippen LogP contribution in [-0.2, 0) is 13.1 Å². The molecule has 4 aromatic rings. The number of hydrogen-bond donors (Lipinski definition) is 2. The number of nitrogens with two attached hydrogens (primary N) is 2. The topological polar surface area (TPSA) is 52.0 Å². The van der Waals surface area contributed by atoms with Gasteiger partial charge < -0.3 is 11.5 Å². The lowest BCUT2D eigenvalue weighted by Gasteiger charge is -2.15. The molecule has 0 aromatic heterocycles. The third-order valence-electron chi connectivity index (χ3n) is 5.76. The summed E-state index contributed by atoms with van der Waals surface area (Å²) < 4.78 is 0. The van der Waals surface area contributed by atoms with Crippen molar-refractivity contribution < 1.29 is 0 Å². The van der Waals surface area contributed by atoms with Gasteiger partial charge in [-0.1, -0.05) is 60.7 Å². The van der Waals surface area contributed by atoms with E-state index in [4.69, 9.17) is 11.5 Å². The second-order valence-electron chi connectivity index (χ2n) is 7.87. The van der Waals surface area contributed by atoms with Crippen LogP contribution in [0.25, 0.3) is 33.4 Å². The van der Waals surface area contributed by atoms with Crippen LogP contribution in [0.5, 0.6) is 0 Å². The van der Waals surface area contributed by atoms with Gasteiger partial charge in [-0.05, 0) is 93.7 Å². The summed E-state index contributed by atoms with van der Waals surface area (Å²) in [6.45, 7) is 5.46. The van der Waals surface area contributed by atoms with E-state index in [0.29, 0.717) is 13.1 Å². The van der Waals surface area contributed by atoms with Gasteiger partial charge in [0.2, 0.25) is 0 Å². The highest BCUT2D eigenvalue weighted by Crippen LogP contribution is 2.34. The van der Waals surface area contributed by atoms with Crippen LogP contribution in [0, 0.1) is 13.8 Å². The molecule has 0 aliphatic rings. The Morgan fingerprint density at radius 3 is 1.30 bits per heavy atom. The quantitative estimate of drug-likeness (QED) is 0.423. The van der Waals surface area contributed by atoms with Crippen LogP contribution in [0.3, 0.4) is 0 Å². The van der Waals surface area contributed by atoms with Gasteiger partial charge >= 0.3 is 0 Å². The summed E-state index contributed by atoms with van der Waals surface area (Å²) in [7, 11) is 0. The van der Waals surface area contributed by atoms with Gasteiger partial charge in [0.05, 0.1) is 0 Å². The molecule has 0 aliphatic carbocycles. The molecule has 0 unspecified atom stereocenters. The Bertz CT molecular complexity index is 1100. The molecule has 0 radical (unpaired) electrons. The predicted octanol–water partition coefficient (Wildman–Crippen LogP) is 6.22. The molecule has 0 bridgehead atoms. The highest BCUT2D eigenvalue weighted by Gasteiger charge is 2.10. The van der Waals surface area contributed by atoms with Crippen LogP contribution in [0.15, 0.2) is 84.9 Å². The lowest BCUT2D eigenvalue weighted by Crippen LogP contribution is -1.96. The molecule has 0 fully saturated rings. The zero-order valence-electron chi connectivity index (χ0n) is 17.7. The average Bonchev–Trinajstić information content (AvgIpc) is 2.80. The molecule has 2 nitrogen and oxygen atoms in total. The van der Waals surface area contributed by atoms with E-state index in [1.807, 2.05) is 0 Å². The molecule has 0 atom stereocenters. The Kier molecular flexibility index (Phi) is 5.80. The predicted molar refractivity (Wildman–Crippen MR) is 128 cm³/mol. The van der Waals surface area contributed by atoms with Crippen molar-refractivity contribution in [1.29, 1.82) is 0 Å². The molecule has 30 heavy (non-hydrogen) atoms. The first-order valence-electron chi connectivity index (χ1n) is 10.4. The lowest BCUT2D eigenvalue weighted by atomic mass is 9.90. The molecule has 0 aliphatic heterocycles. The monoisotopic (exact) mass is 392 g/mol. The van der Waals surface area contributed by atoms with Crippen LogP contribution >= 0.6 is 0 Å². The molecule has 0 saturated carbocycles. The Hall–Kier alpha value is -3.20.